The predicted octanol–water partition coefficient (Wildman–Crippen LogP) is 10.8. The molecule has 1 atom stereocenters. The molecule has 9 heteroatoms. The maximum Gasteiger partial charge on any atom is 0.469 e. The van der Waals surface area contributed by atoms with Crippen LogP contribution in [0.1, 0.15) is 162 Å². The minimum absolute atomic E-state index is 0.195. The first-order chi connectivity index (χ1) is 22.8. The zero-order valence-corrected chi connectivity index (χ0v) is 30.6. The highest BCUT2D eigenvalue weighted by atomic mass is 31.2. The molecule has 0 radical (unpaired) electrons. The summed E-state index contributed by atoms with van der Waals surface area (Å²) in [5, 5.41) is 0. The van der Waals surface area contributed by atoms with Gasteiger partial charge in [0.2, 0.25) is 0 Å². The highest BCUT2D eigenvalue weighted by Gasteiger charge is 2.22. The van der Waals surface area contributed by atoms with E-state index in [1.165, 1.54) is 44.9 Å². The molecule has 0 unspecified atom stereocenters. The molecule has 47 heavy (non-hydrogen) atoms. The first-order valence-corrected chi connectivity index (χ1v) is 20.0. The van der Waals surface area contributed by atoms with Crippen LogP contribution >= 0.6 is 7.82 Å². The Kier molecular flexibility index (Phi) is 32.5. The molecule has 0 aliphatic carbocycles. The van der Waals surface area contributed by atoms with Crippen LogP contribution < -0.4 is 0 Å². The fourth-order valence-electron chi connectivity index (χ4n) is 4.78. The first-order valence-electron chi connectivity index (χ1n) is 18.4. The number of carbonyl (C=O) groups excluding carboxylic acids is 2. The number of carbonyl (C=O) groups is 2. The van der Waals surface area contributed by atoms with Gasteiger partial charge < -0.3 is 19.3 Å². The lowest BCUT2D eigenvalue weighted by Crippen LogP contribution is -2.29. The van der Waals surface area contributed by atoms with Crippen LogP contribution in [0.15, 0.2) is 48.6 Å². The Balaban J connectivity index is 4.04. The molecule has 0 fully saturated rings. The van der Waals surface area contributed by atoms with Crippen molar-refractivity contribution in [2.75, 3.05) is 13.2 Å². The fourth-order valence-corrected chi connectivity index (χ4v) is 5.14. The van der Waals surface area contributed by atoms with Crippen molar-refractivity contribution in [3.63, 3.8) is 0 Å². The van der Waals surface area contributed by atoms with Crippen LogP contribution in [0, 0.1) is 0 Å². The molecule has 0 aromatic rings. The zero-order chi connectivity index (χ0) is 34.7. The maximum absolute atomic E-state index is 12.3. The lowest BCUT2D eigenvalue weighted by Gasteiger charge is -2.18. The summed E-state index contributed by atoms with van der Waals surface area (Å²) in [6.45, 7) is 3.58. The lowest BCUT2D eigenvalue weighted by molar-refractivity contribution is -0.161. The maximum atomic E-state index is 12.3. The van der Waals surface area contributed by atoms with Crippen molar-refractivity contribution in [3.05, 3.63) is 48.6 Å². The zero-order valence-electron chi connectivity index (χ0n) is 29.7. The van der Waals surface area contributed by atoms with E-state index in [4.69, 9.17) is 19.3 Å². The van der Waals surface area contributed by atoms with Crippen LogP contribution in [-0.4, -0.2) is 41.0 Å². The van der Waals surface area contributed by atoms with Crippen molar-refractivity contribution in [1.29, 1.82) is 0 Å². The fraction of sp³-hybridized carbons (Fsp3) is 0.737. The molecule has 272 valence electrons. The van der Waals surface area contributed by atoms with Gasteiger partial charge in [-0.25, -0.2) is 4.57 Å². The molecule has 0 aromatic heterocycles. The second kappa shape index (κ2) is 33.9. The van der Waals surface area contributed by atoms with Crippen molar-refractivity contribution >= 4 is 19.8 Å². The molecule has 0 spiro atoms. The summed E-state index contributed by atoms with van der Waals surface area (Å²) in [6, 6.07) is 0. The Hall–Kier alpha value is -1.99. The number of allylic oxidation sites excluding steroid dienone is 8. The van der Waals surface area contributed by atoms with Crippen LogP contribution in [0.25, 0.3) is 0 Å². The summed E-state index contributed by atoms with van der Waals surface area (Å²) in [7, 11) is -4.76. The molecule has 0 aliphatic rings. The number of hydrogen-bond acceptors (Lipinski definition) is 6. The molecule has 0 bridgehead atoms. The quantitative estimate of drug-likeness (QED) is 0.0304. The first kappa shape index (κ1) is 45.0. The van der Waals surface area contributed by atoms with E-state index in [2.05, 4.69) is 67.0 Å². The Labute approximate surface area is 286 Å². The minimum atomic E-state index is -4.76. The summed E-state index contributed by atoms with van der Waals surface area (Å²) in [5.74, 6) is -0.925. The minimum Gasteiger partial charge on any atom is -0.462 e. The van der Waals surface area contributed by atoms with Crippen LogP contribution in [0.4, 0.5) is 0 Å². The Morgan fingerprint density at radius 3 is 1.45 bits per heavy atom. The summed E-state index contributed by atoms with van der Waals surface area (Å²) in [6.07, 6.45) is 39.7. The van der Waals surface area contributed by atoms with Gasteiger partial charge in [0.1, 0.15) is 6.61 Å². The molecule has 0 rings (SSSR count). The summed E-state index contributed by atoms with van der Waals surface area (Å²) in [4.78, 5) is 42.6. The van der Waals surface area contributed by atoms with Gasteiger partial charge in [-0.15, -0.1) is 0 Å². The molecule has 8 nitrogen and oxygen atoms in total. The summed E-state index contributed by atoms with van der Waals surface area (Å²) < 4.78 is 26.2. The predicted molar refractivity (Wildman–Crippen MR) is 193 cm³/mol. The van der Waals surface area contributed by atoms with E-state index in [9.17, 15) is 14.2 Å². The third-order valence-electron chi connectivity index (χ3n) is 7.57. The second-order valence-electron chi connectivity index (χ2n) is 12.2. The van der Waals surface area contributed by atoms with Gasteiger partial charge >= 0.3 is 19.8 Å². The van der Waals surface area contributed by atoms with Gasteiger partial charge in [-0.1, -0.05) is 120 Å². The van der Waals surface area contributed by atoms with E-state index in [-0.39, 0.29) is 19.4 Å². The van der Waals surface area contributed by atoms with Crippen molar-refractivity contribution in [2.24, 2.45) is 0 Å². The van der Waals surface area contributed by atoms with Gasteiger partial charge in [0, 0.05) is 12.8 Å². The monoisotopic (exact) mass is 682 g/mol. The van der Waals surface area contributed by atoms with Gasteiger partial charge in [0.25, 0.3) is 0 Å². The van der Waals surface area contributed by atoms with Gasteiger partial charge in [0.15, 0.2) is 6.10 Å². The van der Waals surface area contributed by atoms with E-state index >= 15 is 0 Å². The molecule has 2 N–H and O–H groups in total. The van der Waals surface area contributed by atoms with Gasteiger partial charge in [0.05, 0.1) is 6.61 Å². The van der Waals surface area contributed by atoms with Crippen LogP contribution in [-0.2, 0) is 28.2 Å². The SMILES string of the molecule is CCCCC/C=C/C/C=C/C/C=C/CCCCCCC(=O)OC[C@H](COP(=O)(O)O)OC(=O)CCCCCCC/C=C/CCCCC. The van der Waals surface area contributed by atoms with Crippen LogP contribution in [0.5, 0.6) is 0 Å². The molecule has 0 saturated heterocycles. The van der Waals surface area contributed by atoms with E-state index in [1.54, 1.807) is 0 Å². The largest absolute Gasteiger partial charge is 0.469 e. The highest BCUT2D eigenvalue weighted by Crippen LogP contribution is 2.36. The lowest BCUT2D eigenvalue weighted by atomic mass is 10.1. The molecular formula is C38H67O8P. The van der Waals surface area contributed by atoms with Gasteiger partial charge in [-0.05, 0) is 77.0 Å². The number of hydrogen-bond donors (Lipinski definition) is 2. The van der Waals surface area contributed by atoms with Gasteiger partial charge in [-0.3, -0.25) is 14.1 Å². The number of esters is 2. The van der Waals surface area contributed by atoms with Gasteiger partial charge in [-0.2, -0.15) is 0 Å². The number of unbranched alkanes of at least 4 members (excludes halogenated alkanes) is 15. The van der Waals surface area contributed by atoms with Crippen molar-refractivity contribution in [1.82, 2.24) is 0 Å². The third-order valence-corrected chi connectivity index (χ3v) is 8.06. The van der Waals surface area contributed by atoms with Crippen molar-refractivity contribution in [3.8, 4) is 0 Å². The Morgan fingerprint density at radius 1 is 0.553 bits per heavy atom. The van der Waals surface area contributed by atoms with Crippen LogP contribution in [0.3, 0.4) is 0 Å². The Bertz CT molecular complexity index is 905. The molecule has 0 saturated carbocycles. The highest BCUT2D eigenvalue weighted by molar-refractivity contribution is 7.46. The standard InChI is InChI=1S/C38H67O8P/c1-3-5-7-9-11-13-15-17-18-19-20-21-23-24-26-28-30-32-37(39)44-34-36(35-45-47(41,42)43)46-38(40)33-31-29-27-25-22-16-14-12-10-8-6-4-2/h11-14,17-18,20-21,36H,3-10,15-16,19,22-35H2,1-2H3,(H2,41,42,43)/b13-11+,14-12+,18-17+,21-20+/t36-/m1/s1. The van der Waals surface area contributed by atoms with E-state index in [1.807, 2.05) is 0 Å². The normalized spacial score (nSPS) is 13.0. The molecule has 0 heterocycles. The van der Waals surface area contributed by atoms with Crippen molar-refractivity contribution in [2.45, 2.75) is 168 Å². The smallest absolute Gasteiger partial charge is 0.462 e. The topological polar surface area (TPSA) is 119 Å². The van der Waals surface area contributed by atoms with E-state index in [0.717, 1.165) is 77.0 Å². The number of phosphoric acid groups is 1. The average Bonchev–Trinajstić information content (AvgIpc) is 3.04. The summed E-state index contributed by atoms with van der Waals surface area (Å²) >= 11 is 0. The molecular weight excluding hydrogens is 615 g/mol. The number of ether oxygens (including phenoxy) is 2. The number of rotatable bonds is 33. The molecule has 0 amide bonds. The Morgan fingerprint density at radius 2 is 0.957 bits per heavy atom. The summed E-state index contributed by atoms with van der Waals surface area (Å²) in [5.41, 5.74) is 0. The van der Waals surface area contributed by atoms with Crippen LogP contribution in [0.2, 0.25) is 0 Å². The third kappa shape index (κ3) is 36.7. The number of phosphoric ester groups is 1. The second-order valence-corrected chi connectivity index (χ2v) is 13.4. The van der Waals surface area contributed by atoms with E-state index in [0.29, 0.717) is 12.8 Å². The van der Waals surface area contributed by atoms with E-state index < -0.39 is 32.5 Å². The molecule has 0 aromatic carbocycles. The average molecular weight is 683 g/mol. The van der Waals surface area contributed by atoms with Crippen molar-refractivity contribution < 1.29 is 37.9 Å². The molecule has 0 aliphatic heterocycles.